The van der Waals surface area contributed by atoms with Gasteiger partial charge < -0.3 is 14.4 Å². The SMILES string of the molecule is COc1ccc(C)cc1CN(C)C(=O)COc1ccc(N(C)S(=O)(=O)c2ccc(C)cc2)cc1. The number of nitrogens with zero attached hydrogens (tertiary/aromatic N) is 2. The Bertz CT molecular complexity index is 1240. The molecule has 0 aliphatic heterocycles. The summed E-state index contributed by atoms with van der Waals surface area (Å²) in [5.41, 5.74) is 3.48. The van der Waals surface area contributed by atoms with E-state index in [9.17, 15) is 13.2 Å². The van der Waals surface area contributed by atoms with Crippen LogP contribution in [-0.2, 0) is 21.4 Å². The highest BCUT2D eigenvalue weighted by Gasteiger charge is 2.21. The molecule has 0 N–H and O–H groups in total. The van der Waals surface area contributed by atoms with Gasteiger partial charge >= 0.3 is 0 Å². The molecule has 3 aromatic rings. The summed E-state index contributed by atoms with van der Waals surface area (Å²) >= 11 is 0. The van der Waals surface area contributed by atoms with E-state index < -0.39 is 10.0 Å². The monoisotopic (exact) mass is 482 g/mol. The number of ether oxygens (including phenoxy) is 2. The Labute approximate surface area is 201 Å². The number of benzene rings is 3. The smallest absolute Gasteiger partial charge is 0.264 e. The van der Waals surface area contributed by atoms with E-state index in [2.05, 4.69) is 0 Å². The Hall–Kier alpha value is -3.52. The van der Waals surface area contributed by atoms with E-state index in [4.69, 9.17) is 9.47 Å². The molecule has 0 aliphatic carbocycles. The van der Waals surface area contributed by atoms with Gasteiger partial charge in [0.05, 0.1) is 17.7 Å². The summed E-state index contributed by atoms with van der Waals surface area (Å²) in [7, 11) is 1.14. The van der Waals surface area contributed by atoms with Gasteiger partial charge in [0.15, 0.2) is 6.61 Å². The fourth-order valence-corrected chi connectivity index (χ4v) is 4.58. The number of carbonyl (C=O) groups excluding carboxylic acids is 1. The average molecular weight is 483 g/mol. The van der Waals surface area contributed by atoms with Crippen LogP contribution in [0.3, 0.4) is 0 Å². The van der Waals surface area contributed by atoms with Crippen molar-refractivity contribution in [3.05, 3.63) is 83.4 Å². The lowest BCUT2D eigenvalue weighted by Crippen LogP contribution is -2.31. The number of rotatable bonds is 9. The Morgan fingerprint density at radius 3 is 2.12 bits per heavy atom. The van der Waals surface area contributed by atoms with Crippen LogP contribution in [0.25, 0.3) is 0 Å². The zero-order valence-electron chi connectivity index (χ0n) is 20.1. The molecule has 3 rings (SSSR count). The lowest BCUT2D eigenvalue weighted by molar-refractivity contribution is -0.132. The molecule has 0 radical (unpaired) electrons. The van der Waals surface area contributed by atoms with Gasteiger partial charge in [0.2, 0.25) is 0 Å². The summed E-state index contributed by atoms with van der Waals surface area (Å²) in [6, 6.07) is 19.1. The fraction of sp³-hybridized carbons (Fsp3) is 0.269. The number of aryl methyl sites for hydroxylation is 2. The standard InChI is InChI=1S/C26H30N2O5S/c1-19-6-13-24(14-7-19)34(30,31)28(4)22-9-11-23(12-10-22)33-18-26(29)27(3)17-21-16-20(2)8-15-25(21)32-5/h6-16H,17-18H2,1-5H3. The highest BCUT2D eigenvalue weighted by Crippen LogP contribution is 2.25. The maximum absolute atomic E-state index is 12.9. The lowest BCUT2D eigenvalue weighted by Gasteiger charge is -2.21. The minimum Gasteiger partial charge on any atom is -0.496 e. The van der Waals surface area contributed by atoms with Crippen LogP contribution in [0.4, 0.5) is 5.69 Å². The van der Waals surface area contributed by atoms with Crippen molar-refractivity contribution < 1.29 is 22.7 Å². The Morgan fingerprint density at radius 1 is 0.882 bits per heavy atom. The van der Waals surface area contributed by atoms with E-state index in [1.165, 1.54) is 11.4 Å². The van der Waals surface area contributed by atoms with Crippen LogP contribution in [0.5, 0.6) is 11.5 Å². The van der Waals surface area contributed by atoms with E-state index in [0.717, 1.165) is 22.4 Å². The third kappa shape index (κ3) is 5.88. The van der Waals surface area contributed by atoms with Crippen molar-refractivity contribution >= 4 is 21.6 Å². The molecule has 0 atom stereocenters. The number of likely N-dealkylation sites (N-methyl/N-ethyl adjacent to an activating group) is 1. The first-order chi connectivity index (χ1) is 16.1. The lowest BCUT2D eigenvalue weighted by atomic mass is 10.1. The first-order valence-electron chi connectivity index (χ1n) is 10.8. The van der Waals surface area contributed by atoms with Crippen molar-refractivity contribution in [1.82, 2.24) is 4.90 Å². The number of carbonyl (C=O) groups is 1. The van der Waals surface area contributed by atoms with Crippen molar-refractivity contribution in [3.63, 3.8) is 0 Å². The van der Waals surface area contributed by atoms with Gasteiger partial charge in [-0.1, -0.05) is 35.4 Å². The van der Waals surface area contributed by atoms with Crippen molar-refractivity contribution in [3.8, 4) is 11.5 Å². The molecule has 34 heavy (non-hydrogen) atoms. The third-order valence-corrected chi connectivity index (χ3v) is 7.31. The van der Waals surface area contributed by atoms with Crippen molar-refractivity contribution in [2.45, 2.75) is 25.3 Å². The summed E-state index contributed by atoms with van der Waals surface area (Å²) in [6.45, 7) is 4.15. The molecular formula is C26H30N2O5S. The van der Waals surface area contributed by atoms with Gasteiger partial charge in [-0.2, -0.15) is 0 Å². The highest BCUT2D eigenvalue weighted by molar-refractivity contribution is 7.92. The molecule has 8 heteroatoms. The van der Waals surface area contributed by atoms with Crippen LogP contribution < -0.4 is 13.8 Å². The second-order valence-corrected chi connectivity index (χ2v) is 10.1. The van der Waals surface area contributed by atoms with Gasteiger partial charge in [-0.25, -0.2) is 8.42 Å². The second kappa shape index (κ2) is 10.6. The maximum atomic E-state index is 12.9. The van der Waals surface area contributed by atoms with Crippen molar-refractivity contribution in [2.75, 3.05) is 32.1 Å². The largest absolute Gasteiger partial charge is 0.496 e. The number of methoxy groups -OCH3 is 1. The molecular weight excluding hydrogens is 452 g/mol. The number of amides is 1. The molecule has 0 saturated carbocycles. The van der Waals surface area contributed by atoms with Crippen LogP contribution in [0.2, 0.25) is 0 Å². The van der Waals surface area contributed by atoms with E-state index in [0.29, 0.717) is 18.0 Å². The van der Waals surface area contributed by atoms with Gasteiger partial charge in [-0.15, -0.1) is 0 Å². The van der Waals surface area contributed by atoms with Crippen LogP contribution in [-0.4, -0.2) is 47.0 Å². The van der Waals surface area contributed by atoms with Crippen LogP contribution in [0.15, 0.2) is 71.6 Å². The van der Waals surface area contributed by atoms with Gasteiger partial charge in [-0.3, -0.25) is 9.10 Å². The molecule has 180 valence electrons. The first kappa shape index (κ1) is 25.1. The molecule has 0 aliphatic rings. The molecule has 0 heterocycles. The molecule has 1 amide bonds. The van der Waals surface area contributed by atoms with Crippen LogP contribution >= 0.6 is 0 Å². The molecule has 0 unspecified atom stereocenters. The van der Waals surface area contributed by atoms with E-state index in [-0.39, 0.29) is 17.4 Å². The van der Waals surface area contributed by atoms with Gasteiger partial charge in [0, 0.05) is 26.2 Å². The van der Waals surface area contributed by atoms with Gasteiger partial charge in [0.1, 0.15) is 11.5 Å². The number of sulfonamides is 1. The molecule has 0 aromatic heterocycles. The summed E-state index contributed by atoms with van der Waals surface area (Å²) in [5.74, 6) is 1.01. The topological polar surface area (TPSA) is 76.2 Å². The Balaban J connectivity index is 1.61. The van der Waals surface area contributed by atoms with E-state index >= 15 is 0 Å². The van der Waals surface area contributed by atoms with Crippen molar-refractivity contribution in [2.24, 2.45) is 0 Å². The highest BCUT2D eigenvalue weighted by atomic mass is 32.2. The average Bonchev–Trinajstić information content (AvgIpc) is 2.82. The summed E-state index contributed by atoms with van der Waals surface area (Å²) in [4.78, 5) is 14.4. The first-order valence-corrected chi connectivity index (χ1v) is 12.2. The minimum atomic E-state index is -3.68. The zero-order chi connectivity index (χ0) is 24.9. The Morgan fingerprint density at radius 2 is 1.50 bits per heavy atom. The minimum absolute atomic E-state index is 0.137. The summed E-state index contributed by atoms with van der Waals surface area (Å²) in [5, 5.41) is 0. The molecule has 0 fully saturated rings. The van der Waals surface area contributed by atoms with Crippen molar-refractivity contribution in [1.29, 1.82) is 0 Å². The van der Waals surface area contributed by atoms with E-state index in [1.807, 2.05) is 32.0 Å². The predicted molar refractivity (Wildman–Crippen MR) is 133 cm³/mol. The Kier molecular flexibility index (Phi) is 7.83. The summed E-state index contributed by atoms with van der Waals surface area (Å²) < 4.78 is 38.0. The van der Waals surface area contributed by atoms with Gasteiger partial charge in [-0.05, 0) is 56.3 Å². The zero-order valence-corrected chi connectivity index (χ0v) is 20.9. The predicted octanol–water partition coefficient (Wildman–Crippen LogP) is 4.17. The molecule has 3 aromatic carbocycles. The van der Waals surface area contributed by atoms with E-state index in [1.54, 1.807) is 67.6 Å². The summed E-state index contributed by atoms with van der Waals surface area (Å²) in [6.07, 6.45) is 0. The molecule has 0 saturated heterocycles. The molecule has 0 bridgehead atoms. The number of hydrogen-bond acceptors (Lipinski definition) is 5. The number of hydrogen-bond donors (Lipinski definition) is 0. The molecule has 0 spiro atoms. The number of anilines is 1. The quantitative estimate of drug-likeness (QED) is 0.458. The fourth-order valence-electron chi connectivity index (χ4n) is 3.39. The normalized spacial score (nSPS) is 11.1. The van der Waals surface area contributed by atoms with Crippen LogP contribution in [0, 0.1) is 13.8 Å². The van der Waals surface area contributed by atoms with Gasteiger partial charge in [0.25, 0.3) is 15.9 Å². The molecule has 7 nitrogen and oxygen atoms in total. The second-order valence-electron chi connectivity index (χ2n) is 8.13. The van der Waals surface area contributed by atoms with Crippen LogP contribution in [0.1, 0.15) is 16.7 Å². The third-order valence-electron chi connectivity index (χ3n) is 5.51. The maximum Gasteiger partial charge on any atom is 0.264 e.